The highest BCUT2D eigenvalue weighted by molar-refractivity contribution is 8.00. The molecule has 0 saturated carbocycles. The summed E-state index contributed by atoms with van der Waals surface area (Å²) in [5.74, 6) is 0.268. The molecule has 2 heterocycles. The van der Waals surface area contributed by atoms with Crippen LogP contribution in [0.5, 0.6) is 0 Å². The highest BCUT2D eigenvalue weighted by Crippen LogP contribution is 2.28. The van der Waals surface area contributed by atoms with Gasteiger partial charge in [-0.05, 0) is 23.6 Å². The van der Waals surface area contributed by atoms with E-state index in [0.29, 0.717) is 34.4 Å². The molecule has 1 N–H and O–H groups in total. The normalized spacial score (nSPS) is 10.6. The number of allylic oxidation sites excluding steroid dienone is 1. The van der Waals surface area contributed by atoms with Gasteiger partial charge < -0.3 is 5.32 Å². The van der Waals surface area contributed by atoms with Crippen LogP contribution in [0.3, 0.4) is 0 Å². The van der Waals surface area contributed by atoms with Gasteiger partial charge in [-0.3, -0.25) is 4.79 Å². The molecule has 0 saturated heterocycles. The summed E-state index contributed by atoms with van der Waals surface area (Å²) in [6.07, 6.45) is 1.68. The molecule has 3 aromatic rings. The van der Waals surface area contributed by atoms with Crippen molar-refractivity contribution in [2.24, 2.45) is 0 Å². The second-order valence-electron chi connectivity index (χ2n) is 5.01. The average molecular weight is 391 g/mol. The Labute approximate surface area is 158 Å². The van der Waals surface area contributed by atoms with Crippen LogP contribution in [0.15, 0.2) is 58.6 Å². The number of thiophene rings is 1. The molecule has 0 radical (unpaired) electrons. The number of aromatic nitrogens is 3. The summed E-state index contributed by atoms with van der Waals surface area (Å²) in [7, 11) is 0. The van der Waals surface area contributed by atoms with Crippen LogP contribution in [-0.2, 0) is 12.3 Å². The summed E-state index contributed by atoms with van der Waals surface area (Å²) in [5.41, 5.74) is 1.60. The number of nitrogens with one attached hydrogen (secondary N) is 1. The largest absolute Gasteiger partial charge is 0.319 e. The van der Waals surface area contributed by atoms with Crippen molar-refractivity contribution in [3.8, 4) is 0 Å². The van der Waals surface area contributed by atoms with E-state index in [1.807, 2.05) is 29.6 Å². The van der Waals surface area contributed by atoms with E-state index in [9.17, 15) is 4.79 Å². The zero-order chi connectivity index (χ0) is 17.6. The van der Waals surface area contributed by atoms with Crippen LogP contribution in [0.4, 0.5) is 5.69 Å². The molecule has 0 unspecified atom stereocenters. The summed E-state index contributed by atoms with van der Waals surface area (Å²) in [6.45, 7) is 4.11. The zero-order valence-corrected chi connectivity index (χ0v) is 15.6. The average Bonchev–Trinajstić information content (AvgIpc) is 3.25. The second kappa shape index (κ2) is 8.33. The summed E-state index contributed by atoms with van der Waals surface area (Å²) in [5, 5.41) is 13.6. The molecule has 0 atom stereocenters. The van der Waals surface area contributed by atoms with Gasteiger partial charge in [-0.2, -0.15) is 0 Å². The van der Waals surface area contributed by atoms with Crippen LogP contribution in [0.2, 0.25) is 5.02 Å². The van der Waals surface area contributed by atoms with Crippen LogP contribution < -0.4 is 5.32 Å². The van der Waals surface area contributed by atoms with E-state index < -0.39 is 0 Å². The topological polar surface area (TPSA) is 59.8 Å². The smallest absolute Gasteiger partial charge is 0.275 e. The molecule has 3 rings (SSSR count). The van der Waals surface area contributed by atoms with Gasteiger partial charge in [0.25, 0.3) is 5.91 Å². The fraction of sp³-hybridized carbons (Fsp3) is 0.118. The minimum absolute atomic E-state index is 0.290. The fourth-order valence-corrected chi connectivity index (χ4v) is 4.07. The first-order valence-corrected chi connectivity index (χ1v) is 9.69. The number of benzene rings is 1. The molecule has 2 aromatic heterocycles. The highest BCUT2D eigenvalue weighted by atomic mass is 35.5. The van der Waals surface area contributed by atoms with Crippen LogP contribution in [0.1, 0.15) is 16.2 Å². The molecule has 0 aliphatic carbocycles. The van der Waals surface area contributed by atoms with Gasteiger partial charge in [-0.25, -0.2) is 4.68 Å². The van der Waals surface area contributed by atoms with Crippen molar-refractivity contribution >= 4 is 46.3 Å². The standard InChI is InChI=1S/C17H15ClN4OS2/c1-2-9-22-16(17(23)19-13-7-4-3-6-12(13)18)14(20-21-22)11-25-15-8-5-10-24-15/h2-8,10H,1,9,11H2,(H,19,23). The molecule has 8 heteroatoms. The van der Waals surface area contributed by atoms with Crippen LogP contribution in [0.25, 0.3) is 0 Å². The Kier molecular flexibility index (Phi) is 5.91. The first-order chi connectivity index (χ1) is 12.2. The Morgan fingerprint density at radius 3 is 2.92 bits per heavy atom. The summed E-state index contributed by atoms with van der Waals surface area (Å²) in [6, 6.07) is 11.1. The monoisotopic (exact) mass is 390 g/mol. The number of hydrogen-bond donors (Lipinski definition) is 1. The minimum Gasteiger partial charge on any atom is -0.319 e. The van der Waals surface area contributed by atoms with Crippen molar-refractivity contribution in [1.29, 1.82) is 0 Å². The molecular weight excluding hydrogens is 376 g/mol. The lowest BCUT2D eigenvalue weighted by molar-refractivity contribution is 0.101. The van der Waals surface area contributed by atoms with Gasteiger partial charge in [0.2, 0.25) is 0 Å². The predicted octanol–water partition coefficient (Wildman–Crippen LogP) is 4.72. The maximum Gasteiger partial charge on any atom is 0.275 e. The van der Waals surface area contributed by atoms with E-state index in [-0.39, 0.29) is 5.91 Å². The third-order valence-corrected chi connectivity index (χ3v) is 5.76. The predicted molar refractivity (Wildman–Crippen MR) is 104 cm³/mol. The Balaban J connectivity index is 1.84. The molecule has 0 bridgehead atoms. The number of thioether (sulfide) groups is 1. The fourth-order valence-electron chi connectivity index (χ4n) is 2.17. The van der Waals surface area contributed by atoms with Crippen LogP contribution in [-0.4, -0.2) is 20.9 Å². The van der Waals surface area contributed by atoms with Gasteiger partial charge in [0.05, 0.1) is 21.5 Å². The number of halogens is 1. The molecule has 1 amide bonds. The number of nitrogens with zero attached hydrogens (tertiary/aromatic N) is 3. The molecule has 25 heavy (non-hydrogen) atoms. The van der Waals surface area contributed by atoms with E-state index in [0.717, 1.165) is 4.21 Å². The molecular formula is C17H15ClN4OS2. The van der Waals surface area contributed by atoms with Crippen molar-refractivity contribution in [3.05, 3.63) is 70.8 Å². The van der Waals surface area contributed by atoms with Crippen LogP contribution >= 0.6 is 34.7 Å². The van der Waals surface area contributed by atoms with Gasteiger partial charge in [0.1, 0.15) is 5.69 Å². The Bertz CT molecular complexity index is 877. The van der Waals surface area contributed by atoms with Crippen LogP contribution in [0, 0.1) is 0 Å². The quantitative estimate of drug-likeness (QED) is 0.468. The Morgan fingerprint density at radius 1 is 1.36 bits per heavy atom. The van der Waals surface area contributed by atoms with Crippen molar-refractivity contribution in [3.63, 3.8) is 0 Å². The van der Waals surface area contributed by atoms with E-state index in [1.54, 1.807) is 46.0 Å². The van der Waals surface area contributed by atoms with E-state index in [4.69, 9.17) is 11.6 Å². The van der Waals surface area contributed by atoms with Crippen molar-refractivity contribution in [1.82, 2.24) is 15.0 Å². The maximum absolute atomic E-state index is 12.8. The zero-order valence-electron chi connectivity index (χ0n) is 13.2. The van der Waals surface area contributed by atoms with Crippen molar-refractivity contribution in [2.45, 2.75) is 16.5 Å². The van der Waals surface area contributed by atoms with E-state index in [1.165, 1.54) is 0 Å². The lowest BCUT2D eigenvalue weighted by atomic mass is 10.2. The number of amides is 1. The first kappa shape index (κ1) is 17.7. The van der Waals surface area contributed by atoms with Crippen molar-refractivity contribution < 1.29 is 4.79 Å². The van der Waals surface area contributed by atoms with E-state index >= 15 is 0 Å². The summed E-state index contributed by atoms with van der Waals surface area (Å²) >= 11 is 9.40. The number of carbonyl (C=O) groups is 1. The molecule has 5 nitrogen and oxygen atoms in total. The van der Waals surface area contributed by atoms with Crippen molar-refractivity contribution in [2.75, 3.05) is 5.32 Å². The number of rotatable bonds is 7. The summed E-state index contributed by atoms with van der Waals surface area (Å²) in [4.78, 5) is 12.8. The van der Waals surface area contributed by atoms with Gasteiger partial charge in [-0.15, -0.1) is 34.8 Å². The molecule has 128 valence electrons. The second-order valence-corrected chi connectivity index (χ2v) is 7.64. The molecule has 0 fully saturated rings. The minimum atomic E-state index is -0.290. The summed E-state index contributed by atoms with van der Waals surface area (Å²) < 4.78 is 2.71. The number of hydrogen-bond acceptors (Lipinski definition) is 5. The van der Waals surface area contributed by atoms with E-state index in [2.05, 4.69) is 22.2 Å². The Morgan fingerprint density at radius 2 is 2.20 bits per heavy atom. The lowest BCUT2D eigenvalue weighted by Gasteiger charge is -2.09. The molecule has 0 aliphatic heterocycles. The van der Waals surface area contributed by atoms with Gasteiger partial charge in [0.15, 0.2) is 5.69 Å². The number of carbonyl (C=O) groups excluding carboxylic acids is 1. The van der Waals surface area contributed by atoms with Gasteiger partial charge >= 0.3 is 0 Å². The maximum atomic E-state index is 12.8. The number of anilines is 1. The van der Waals surface area contributed by atoms with Gasteiger partial charge in [0, 0.05) is 5.75 Å². The SMILES string of the molecule is C=CCn1nnc(CSc2cccs2)c1C(=O)Nc1ccccc1Cl. The third-order valence-electron chi connectivity index (χ3n) is 3.29. The van der Waals surface area contributed by atoms with Gasteiger partial charge in [-0.1, -0.05) is 41.1 Å². The molecule has 1 aromatic carbocycles. The first-order valence-electron chi connectivity index (χ1n) is 7.44. The Hall–Kier alpha value is -2.09. The third kappa shape index (κ3) is 4.31. The molecule has 0 spiro atoms. The molecule has 0 aliphatic rings. The number of para-hydroxylation sites is 1. The highest BCUT2D eigenvalue weighted by Gasteiger charge is 2.21. The lowest BCUT2D eigenvalue weighted by Crippen LogP contribution is -2.19.